The highest BCUT2D eigenvalue weighted by Gasteiger charge is 1.95. The van der Waals surface area contributed by atoms with E-state index >= 15 is 0 Å². The Balaban J connectivity index is 3.70. The summed E-state index contributed by atoms with van der Waals surface area (Å²) in [6, 6.07) is 0. The van der Waals surface area contributed by atoms with Crippen LogP contribution >= 0.6 is 0 Å². The van der Waals surface area contributed by atoms with Gasteiger partial charge in [0.2, 0.25) is 0 Å². The minimum absolute atomic E-state index is 0.0364. The smallest absolute Gasteiger partial charge is 0.0880 e. The lowest BCUT2D eigenvalue weighted by Gasteiger charge is -1.97. The fourth-order valence-electron chi connectivity index (χ4n) is 0.467. The molecule has 0 radical (unpaired) electrons. The largest absolute Gasteiger partial charge is 0.394 e. The van der Waals surface area contributed by atoms with E-state index in [0.29, 0.717) is 0 Å². The van der Waals surface area contributed by atoms with Gasteiger partial charge in [-0.3, -0.25) is 0 Å². The number of rotatable bonds is 3. The van der Waals surface area contributed by atoms with E-state index in [9.17, 15) is 0 Å². The Morgan fingerprint density at radius 2 is 2.00 bits per heavy atom. The molecule has 0 bridgehead atoms. The molecule has 1 atom stereocenters. The van der Waals surface area contributed by atoms with Gasteiger partial charge in [0.25, 0.3) is 0 Å². The van der Waals surface area contributed by atoms with E-state index < -0.39 is 6.10 Å². The minimum atomic E-state index is -0.790. The van der Waals surface area contributed by atoms with Gasteiger partial charge in [-0.15, -0.1) is 0 Å². The zero-order valence-corrected chi connectivity index (χ0v) is 7.20. The summed E-state index contributed by atoms with van der Waals surface area (Å²) in [5.41, 5.74) is 0. The molecule has 0 aromatic heterocycles. The van der Waals surface area contributed by atoms with Crippen molar-refractivity contribution in [1.82, 2.24) is 0 Å². The quantitative estimate of drug-likeness (QED) is 0.502. The van der Waals surface area contributed by atoms with Gasteiger partial charge in [0, 0.05) is 6.42 Å². The highest BCUT2D eigenvalue weighted by atomic mass is 16.3. The normalized spacial score (nSPS) is 11.3. The van der Waals surface area contributed by atoms with Crippen LogP contribution in [0.5, 0.6) is 0 Å². The Kier molecular flexibility index (Phi) is 7.98. The van der Waals surface area contributed by atoms with E-state index in [0.717, 1.165) is 0 Å². The molecule has 0 aliphatic carbocycles. The molecule has 0 spiro atoms. The molecule has 0 aliphatic rings. The predicted octanol–water partition coefficient (Wildman–Crippen LogP) is -0.715. The molecule has 3 nitrogen and oxygen atoms in total. The molecule has 0 aromatic rings. The van der Waals surface area contributed by atoms with Crippen LogP contribution in [0.25, 0.3) is 0 Å². The lowest BCUT2D eigenvalue weighted by Crippen LogP contribution is -2.09. The van der Waals surface area contributed by atoms with Crippen LogP contribution in [0.1, 0.15) is 6.42 Å². The summed E-state index contributed by atoms with van der Waals surface area (Å²) in [6.07, 6.45) is 2.42. The molecule has 13 heavy (non-hydrogen) atoms. The predicted molar refractivity (Wildman–Crippen MR) is 49.5 cm³/mol. The van der Waals surface area contributed by atoms with Crippen molar-refractivity contribution in [3.8, 4) is 23.7 Å². The standard InChI is InChI=1S/C10H12O3/c11-8-6-4-2-1-3-5-7-10(13)9-12/h4,6,10-13H,7-9H2/b6-4+/t10-/m1/s1. The van der Waals surface area contributed by atoms with Crippen LogP contribution in [0.2, 0.25) is 0 Å². The van der Waals surface area contributed by atoms with Crippen LogP contribution in [0, 0.1) is 23.7 Å². The van der Waals surface area contributed by atoms with Gasteiger partial charge in [0.05, 0.1) is 19.3 Å². The summed E-state index contributed by atoms with van der Waals surface area (Å²) in [6.45, 7) is -0.322. The molecule has 0 aromatic carbocycles. The van der Waals surface area contributed by atoms with Crippen molar-refractivity contribution >= 4 is 0 Å². The van der Waals surface area contributed by atoms with E-state index in [2.05, 4.69) is 23.7 Å². The fraction of sp³-hybridized carbons (Fsp3) is 0.400. The van der Waals surface area contributed by atoms with E-state index in [-0.39, 0.29) is 19.6 Å². The van der Waals surface area contributed by atoms with Crippen molar-refractivity contribution in [1.29, 1.82) is 0 Å². The first-order chi connectivity index (χ1) is 6.31. The summed E-state index contributed by atoms with van der Waals surface area (Å²) in [7, 11) is 0. The maximum atomic E-state index is 8.85. The molecule has 70 valence electrons. The third kappa shape index (κ3) is 8.65. The number of aliphatic hydroxyl groups excluding tert-OH is 3. The number of hydrogen-bond donors (Lipinski definition) is 3. The van der Waals surface area contributed by atoms with Crippen LogP contribution in [0.15, 0.2) is 12.2 Å². The van der Waals surface area contributed by atoms with Gasteiger partial charge in [-0.05, 0) is 17.9 Å². The highest BCUT2D eigenvalue weighted by Crippen LogP contribution is 1.85. The van der Waals surface area contributed by atoms with Crippen LogP contribution in [-0.2, 0) is 0 Å². The molecule has 0 rings (SSSR count). The number of allylic oxidation sites excluding steroid dienone is 1. The monoisotopic (exact) mass is 180 g/mol. The molecule has 0 heterocycles. The van der Waals surface area contributed by atoms with Crippen molar-refractivity contribution in [3.05, 3.63) is 12.2 Å². The Morgan fingerprint density at radius 3 is 2.62 bits per heavy atom. The average Bonchev–Trinajstić information content (AvgIpc) is 2.16. The first-order valence-corrected chi connectivity index (χ1v) is 3.84. The van der Waals surface area contributed by atoms with Crippen molar-refractivity contribution in [2.45, 2.75) is 12.5 Å². The number of hydrogen-bond acceptors (Lipinski definition) is 3. The highest BCUT2D eigenvalue weighted by molar-refractivity contribution is 5.30. The third-order valence-electron chi connectivity index (χ3n) is 1.08. The van der Waals surface area contributed by atoms with Gasteiger partial charge < -0.3 is 15.3 Å². The zero-order chi connectivity index (χ0) is 9.94. The van der Waals surface area contributed by atoms with Gasteiger partial charge >= 0.3 is 0 Å². The second kappa shape index (κ2) is 8.83. The first kappa shape index (κ1) is 11.7. The van der Waals surface area contributed by atoms with Gasteiger partial charge in [0.1, 0.15) is 0 Å². The summed E-state index contributed by atoms with van der Waals surface area (Å²) in [5.74, 6) is 10.1. The van der Waals surface area contributed by atoms with Gasteiger partial charge in [-0.1, -0.05) is 17.9 Å². The number of aliphatic hydroxyl groups is 3. The zero-order valence-electron chi connectivity index (χ0n) is 7.20. The van der Waals surface area contributed by atoms with Gasteiger partial charge in [-0.2, -0.15) is 0 Å². The average molecular weight is 180 g/mol. The van der Waals surface area contributed by atoms with Crippen molar-refractivity contribution in [2.75, 3.05) is 13.2 Å². The summed E-state index contributed by atoms with van der Waals surface area (Å²) < 4.78 is 0. The van der Waals surface area contributed by atoms with Crippen LogP contribution in [0.3, 0.4) is 0 Å². The Bertz CT molecular complexity index is 259. The lowest BCUT2D eigenvalue weighted by atomic mass is 10.3. The fourth-order valence-corrected chi connectivity index (χ4v) is 0.467. The molecule has 3 heteroatoms. The Hall–Kier alpha value is -1.26. The second-order valence-corrected chi connectivity index (χ2v) is 2.20. The Labute approximate surface area is 77.7 Å². The first-order valence-electron chi connectivity index (χ1n) is 3.84. The third-order valence-corrected chi connectivity index (χ3v) is 1.08. The van der Waals surface area contributed by atoms with Gasteiger partial charge in [-0.25, -0.2) is 0 Å². The topological polar surface area (TPSA) is 60.7 Å². The van der Waals surface area contributed by atoms with Crippen LogP contribution in [0.4, 0.5) is 0 Å². The van der Waals surface area contributed by atoms with Crippen LogP contribution < -0.4 is 0 Å². The van der Waals surface area contributed by atoms with E-state index in [1.807, 2.05) is 0 Å². The van der Waals surface area contributed by atoms with Crippen LogP contribution in [-0.4, -0.2) is 34.6 Å². The Morgan fingerprint density at radius 1 is 1.23 bits per heavy atom. The molecule has 0 saturated heterocycles. The van der Waals surface area contributed by atoms with E-state index in [4.69, 9.17) is 15.3 Å². The minimum Gasteiger partial charge on any atom is -0.394 e. The van der Waals surface area contributed by atoms with E-state index in [1.54, 1.807) is 0 Å². The molecule has 0 unspecified atom stereocenters. The van der Waals surface area contributed by atoms with Gasteiger partial charge in [0.15, 0.2) is 0 Å². The summed E-state index contributed by atoms with van der Waals surface area (Å²) in [5, 5.41) is 25.6. The molecule has 3 N–H and O–H groups in total. The summed E-state index contributed by atoms with van der Waals surface area (Å²) in [4.78, 5) is 0. The van der Waals surface area contributed by atoms with Crippen molar-refractivity contribution < 1.29 is 15.3 Å². The maximum Gasteiger partial charge on any atom is 0.0880 e. The molecular weight excluding hydrogens is 168 g/mol. The summed E-state index contributed by atoms with van der Waals surface area (Å²) >= 11 is 0. The molecule has 0 amide bonds. The van der Waals surface area contributed by atoms with Crippen molar-refractivity contribution in [3.63, 3.8) is 0 Å². The molecule has 0 saturated carbocycles. The SMILES string of the molecule is OC/C=C/C#CC#CC[C@@H](O)CO. The maximum absolute atomic E-state index is 8.85. The second-order valence-electron chi connectivity index (χ2n) is 2.20. The van der Waals surface area contributed by atoms with Crippen molar-refractivity contribution in [2.24, 2.45) is 0 Å². The molecule has 0 fully saturated rings. The van der Waals surface area contributed by atoms with E-state index in [1.165, 1.54) is 12.2 Å². The molecule has 0 aliphatic heterocycles. The molecular formula is C10H12O3. The lowest BCUT2D eigenvalue weighted by molar-refractivity contribution is 0.0992.